The lowest BCUT2D eigenvalue weighted by Crippen LogP contribution is -2.47. The Hall–Kier alpha value is -4.17. The molecule has 2 heterocycles. The highest BCUT2D eigenvalue weighted by Crippen LogP contribution is 2.35. The predicted molar refractivity (Wildman–Crippen MR) is 143 cm³/mol. The number of hydrogen-bond acceptors (Lipinski definition) is 5. The molecule has 0 saturated carbocycles. The standard InChI is InChI=1S/C30H31N3O5/c1-20-12-14-21(15-13-20)19-33-26(29(35)31-18-25-11-6-16-37-25)27(38-30(33)36)23-9-5-10-24(17-23)32-28(34)22-7-3-2-4-8-22/h2-5,7-10,12-15,17,25-27H,6,11,16,18-19H2,1H3,(H,31,35)(H,32,34). The number of aryl methyl sites for hydroxylation is 1. The van der Waals surface area contributed by atoms with E-state index in [2.05, 4.69) is 10.6 Å². The van der Waals surface area contributed by atoms with E-state index >= 15 is 0 Å². The Labute approximate surface area is 221 Å². The number of cyclic esters (lactones) is 1. The SMILES string of the molecule is Cc1ccc(CN2C(=O)OC(c3cccc(NC(=O)c4ccccc4)c3)C2C(=O)NCC2CCCO2)cc1. The van der Waals surface area contributed by atoms with Crippen LogP contribution in [0, 0.1) is 6.92 Å². The van der Waals surface area contributed by atoms with E-state index in [1.54, 1.807) is 48.5 Å². The monoisotopic (exact) mass is 513 g/mol. The van der Waals surface area contributed by atoms with Crippen LogP contribution in [0.15, 0.2) is 78.9 Å². The number of carbonyl (C=O) groups excluding carboxylic acids is 3. The summed E-state index contributed by atoms with van der Waals surface area (Å²) in [5.41, 5.74) is 3.70. The number of benzene rings is 3. The third-order valence-electron chi connectivity index (χ3n) is 6.86. The molecule has 8 heteroatoms. The zero-order valence-corrected chi connectivity index (χ0v) is 21.3. The van der Waals surface area contributed by atoms with Crippen molar-refractivity contribution in [3.05, 3.63) is 101 Å². The largest absolute Gasteiger partial charge is 0.438 e. The van der Waals surface area contributed by atoms with Gasteiger partial charge >= 0.3 is 6.09 Å². The average Bonchev–Trinajstić information content (AvgIpc) is 3.57. The lowest BCUT2D eigenvalue weighted by atomic mass is 9.99. The fourth-order valence-electron chi connectivity index (χ4n) is 4.81. The maximum Gasteiger partial charge on any atom is 0.411 e. The molecule has 0 radical (unpaired) electrons. The Morgan fingerprint density at radius 3 is 2.53 bits per heavy atom. The highest BCUT2D eigenvalue weighted by atomic mass is 16.6. The van der Waals surface area contributed by atoms with Crippen LogP contribution < -0.4 is 10.6 Å². The summed E-state index contributed by atoms with van der Waals surface area (Å²) in [6.07, 6.45) is 0.421. The topological polar surface area (TPSA) is 97.0 Å². The molecule has 2 aliphatic rings. The average molecular weight is 514 g/mol. The Bertz CT molecular complexity index is 1290. The Kier molecular flexibility index (Phi) is 7.70. The van der Waals surface area contributed by atoms with Gasteiger partial charge in [0.25, 0.3) is 5.91 Å². The van der Waals surface area contributed by atoms with Gasteiger partial charge in [0.2, 0.25) is 5.91 Å². The molecule has 3 amide bonds. The van der Waals surface area contributed by atoms with Crippen LogP contribution in [0.4, 0.5) is 10.5 Å². The van der Waals surface area contributed by atoms with E-state index in [1.165, 1.54) is 4.90 Å². The van der Waals surface area contributed by atoms with Crippen LogP contribution in [-0.2, 0) is 20.8 Å². The van der Waals surface area contributed by atoms with Gasteiger partial charge in [0.1, 0.15) is 0 Å². The normalized spacial score (nSPS) is 20.7. The second kappa shape index (κ2) is 11.5. The Balaban J connectivity index is 1.38. The molecule has 3 atom stereocenters. The van der Waals surface area contributed by atoms with E-state index in [-0.39, 0.29) is 24.5 Å². The molecule has 2 saturated heterocycles. The van der Waals surface area contributed by atoms with Crippen molar-refractivity contribution in [2.24, 2.45) is 0 Å². The van der Waals surface area contributed by atoms with E-state index in [0.29, 0.717) is 30.0 Å². The minimum absolute atomic E-state index is 0.0301. The molecule has 196 valence electrons. The third kappa shape index (κ3) is 5.86. The van der Waals surface area contributed by atoms with Crippen molar-refractivity contribution in [2.45, 2.75) is 44.6 Å². The highest BCUT2D eigenvalue weighted by Gasteiger charge is 2.47. The molecule has 0 aliphatic carbocycles. The molecule has 3 aromatic carbocycles. The maximum absolute atomic E-state index is 13.5. The van der Waals surface area contributed by atoms with E-state index in [9.17, 15) is 14.4 Å². The highest BCUT2D eigenvalue weighted by molar-refractivity contribution is 6.04. The van der Waals surface area contributed by atoms with Crippen molar-refractivity contribution in [1.82, 2.24) is 10.2 Å². The Morgan fingerprint density at radius 2 is 1.79 bits per heavy atom. The van der Waals surface area contributed by atoms with Gasteiger partial charge in [0, 0.05) is 24.4 Å². The predicted octanol–water partition coefficient (Wildman–Crippen LogP) is 4.60. The molecule has 0 spiro atoms. The maximum atomic E-state index is 13.5. The summed E-state index contributed by atoms with van der Waals surface area (Å²) in [5, 5.41) is 5.86. The van der Waals surface area contributed by atoms with Crippen LogP contribution in [0.3, 0.4) is 0 Å². The van der Waals surface area contributed by atoms with Crippen LogP contribution >= 0.6 is 0 Å². The lowest BCUT2D eigenvalue weighted by molar-refractivity contribution is -0.126. The van der Waals surface area contributed by atoms with E-state index < -0.39 is 18.2 Å². The van der Waals surface area contributed by atoms with E-state index in [4.69, 9.17) is 9.47 Å². The van der Waals surface area contributed by atoms with Gasteiger partial charge in [-0.15, -0.1) is 0 Å². The molecule has 0 bridgehead atoms. The number of anilines is 1. The molecule has 0 aromatic heterocycles. The number of hydrogen-bond donors (Lipinski definition) is 2. The first-order chi connectivity index (χ1) is 18.5. The van der Waals surface area contributed by atoms with Gasteiger partial charge in [-0.3, -0.25) is 14.5 Å². The van der Waals surface area contributed by atoms with Gasteiger partial charge in [0.15, 0.2) is 12.1 Å². The molecule has 5 rings (SSSR count). The third-order valence-corrected chi connectivity index (χ3v) is 6.86. The molecule has 38 heavy (non-hydrogen) atoms. The summed E-state index contributed by atoms with van der Waals surface area (Å²) in [6, 6.07) is 22.9. The summed E-state index contributed by atoms with van der Waals surface area (Å²) >= 11 is 0. The minimum Gasteiger partial charge on any atom is -0.438 e. The quantitative estimate of drug-likeness (QED) is 0.459. The second-order valence-electron chi connectivity index (χ2n) is 9.69. The molecular weight excluding hydrogens is 482 g/mol. The van der Waals surface area contributed by atoms with E-state index in [0.717, 1.165) is 24.0 Å². The van der Waals surface area contributed by atoms with Crippen molar-refractivity contribution >= 4 is 23.6 Å². The summed E-state index contributed by atoms with van der Waals surface area (Å²) in [6.45, 7) is 3.30. The van der Waals surface area contributed by atoms with Gasteiger partial charge in [-0.05, 0) is 55.2 Å². The smallest absolute Gasteiger partial charge is 0.411 e. The summed E-state index contributed by atoms with van der Waals surface area (Å²) in [4.78, 5) is 40.8. The zero-order chi connectivity index (χ0) is 26.5. The first-order valence-electron chi connectivity index (χ1n) is 12.9. The molecule has 3 unspecified atom stereocenters. The van der Waals surface area contributed by atoms with Gasteiger partial charge in [-0.1, -0.05) is 60.2 Å². The van der Waals surface area contributed by atoms with Crippen LogP contribution in [0.1, 0.15) is 46.0 Å². The van der Waals surface area contributed by atoms with Crippen molar-refractivity contribution in [3.63, 3.8) is 0 Å². The van der Waals surface area contributed by atoms with Gasteiger partial charge in [-0.2, -0.15) is 0 Å². The first kappa shape index (κ1) is 25.5. The van der Waals surface area contributed by atoms with Crippen LogP contribution in [0.25, 0.3) is 0 Å². The molecule has 8 nitrogen and oxygen atoms in total. The van der Waals surface area contributed by atoms with Crippen molar-refractivity contribution in [2.75, 3.05) is 18.5 Å². The lowest BCUT2D eigenvalue weighted by Gasteiger charge is -2.25. The summed E-state index contributed by atoms with van der Waals surface area (Å²) in [5.74, 6) is -0.555. The number of amides is 3. The number of rotatable bonds is 8. The first-order valence-corrected chi connectivity index (χ1v) is 12.9. The fourth-order valence-corrected chi connectivity index (χ4v) is 4.81. The van der Waals surface area contributed by atoms with E-state index in [1.807, 2.05) is 37.3 Å². The van der Waals surface area contributed by atoms with Gasteiger partial charge in [-0.25, -0.2) is 4.79 Å². The number of nitrogens with one attached hydrogen (secondary N) is 2. The summed E-state index contributed by atoms with van der Waals surface area (Å²) < 4.78 is 11.4. The Morgan fingerprint density at radius 1 is 1.00 bits per heavy atom. The van der Waals surface area contributed by atoms with Crippen LogP contribution in [0.2, 0.25) is 0 Å². The molecule has 2 N–H and O–H groups in total. The number of carbonyl (C=O) groups is 3. The summed E-state index contributed by atoms with van der Waals surface area (Å²) in [7, 11) is 0. The zero-order valence-electron chi connectivity index (χ0n) is 21.3. The molecular formula is C30H31N3O5. The molecule has 2 fully saturated rings. The second-order valence-corrected chi connectivity index (χ2v) is 9.69. The van der Waals surface area contributed by atoms with Gasteiger partial charge < -0.3 is 20.1 Å². The van der Waals surface area contributed by atoms with Crippen molar-refractivity contribution < 1.29 is 23.9 Å². The molecule has 3 aromatic rings. The van der Waals surface area contributed by atoms with Crippen molar-refractivity contribution in [1.29, 1.82) is 0 Å². The van der Waals surface area contributed by atoms with Crippen LogP contribution in [0.5, 0.6) is 0 Å². The fraction of sp³-hybridized carbons (Fsp3) is 0.300. The number of nitrogens with zero attached hydrogens (tertiary/aromatic N) is 1. The molecule has 2 aliphatic heterocycles. The minimum atomic E-state index is -0.884. The van der Waals surface area contributed by atoms with Crippen molar-refractivity contribution in [3.8, 4) is 0 Å². The number of ether oxygens (including phenoxy) is 2. The van der Waals surface area contributed by atoms with Gasteiger partial charge in [0.05, 0.1) is 12.6 Å². The van der Waals surface area contributed by atoms with Crippen LogP contribution in [-0.4, -0.2) is 48.1 Å².